The van der Waals surface area contributed by atoms with Crippen molar-refractivity contribution in [3.8, 4) is 0 Å². The van der Waals surface area contributed by atoms with Crippen LogP contribution in [0.2, 0.25) is 0 Å². The number of sulfonamides is 1. The van der Waals surface area contributed by atoms with Crippen LogP contribution in [0.3, 0.4) is 0 Å². The maximum absolute atomic E-state index is 12.3. The lowest BCUT2D eigenvalue weighted by Crippen LogP contribution is -2.35. The van der Waals surface area contributed by atoms with Gasteiger partial charge in [-0.1, -0.05) is 32.0 Å². The minimum atomic E-state index is -3.45. The van der Waals surface area contributed by atoms with Gasteiger partial charge in [0, 0.05) is 19.7 Å². The third-order valence-electron chi connectivity index (χ3n) is 3.13. The Balaban J connectivity index is 2.97. The van der Waals surface area contributed by atoms with Crippen LogP contribution in [0.15, 0.2) is 29.2 Å². The summed E-state index contributed by atoms with van der Waals surface area (Å²) in [5, 5.41) is 3.31. The molecular formula is C15H26N2O3S. The molecule has 120 valence electrons. The Morgan fingerprint density at radius 1 is 1.24 bits per heavy atom. The second-order valence-corrected chi connectivity index (χ2v) is 6.65. The first-order valence-electron chi connectivity index (χ1n) is 7.35. The molecule has 0 amide bonds. The van der Waals surface area contributed by atoms with Gasteiger partial charge in [-0.05, 0) is 31.0 Å². The van der Waals surface area contributed by atoms with Crippen LogP contribution < -0.4 is 10.0 Å². The van der Waals surface area contributed by atoms with Gasteiger partial charge in [-0.2, -0.15) is 0 Å². The Hall–Kier alpha value is -0.950. The maximum atomic E-state index is 12.3. The zero-order valence-electron chi connectivity index (χ0n) is 13.1. The van der Waals surface area contributed by atoms with Gasteiger partial charge in [0.25, 0.3) is 0 Å². The van der Waals surface area contributed by atoms with Crippen LogP contribution in [-0.2, 0) is 21.2 Å². The predicted molar refractivity (Wildman–Crippen MR) is 85.0 cm³/mol. The van der Waals surface area contributed by atoms with Crippen LogP contribution in [0.4, 0.5) is 0 Å². The molecule has 0 radical (unpaired) electrons. The molecule has 0 saturated carbocycles. The van der Waals surface area contributed by atoms with Crippen molar-refractivity contribution in [3.05, 3.63) is 29.8 Å². The summed E-state index contributed by atoms with van der Waals surface area (Å²) in [4.78, 5) is 0.359. The number of benzene rings is 1. The molecule has 0 aliphatic heterocycles. The van der Waals surface area contributed by atoms with Crippen molar-refractivity contribution in [2.75, 3.05) is 26.8 Å². The molecule has 6 heteroatoms. The molecular weight excluding hydrogens is 288 g/mol. The summed E-state index contributed by atoms with van der Waals surface area (Å²) < 4.78 is 32.5. The zero-order valence-corrected chi connectivity index (χ0v) is 13.9. The molecule has 0 bridgehead atoms. The monoisotopic (exact) mass is 314 g/mol. The summed E-state index contributed by atoms with van der Waals surface area (Å²) in [5.74, 6) is 0. The highest BCUT2D eigenvalue weighted by Crippen LogP contribution is 2.17. The lowest BCUT2D eigenvalue weighted by Gasteiger charge is -2.19. The number of likely N-dealkylation sites (N-methyl/N-ethyl adjacent to an activating group) is 1. The van der Waals surface area contributed by atoms with Crippen molar-refractivity contribution in [1.29, 1.82) is 0 Å². The lowest BCUT2D eigenvalue weighted by atomic mass is 10.1. The van der Waals surface area contributed by atoms with Crippen molar-refractivity contribution in [1.82, 2.24) is 10.0 Å². The Morgan fingerprint density at radius 3 is 2.57 bits per heavy atom. The lowest BCUT2D eigenvalue weighted by molar-refractivity contribution is 0.166. The Kier molecular flexibility index (Phi) is 7.88. The minimum Gasteiger partial charge on any atom is -0.383 e. The van der Waals surface area contributed by atoms with Crippen molar-refractivity contribution < 1.29 is 13.2 Å². The number of methoxy groups -OCH3 is 1. The van der Waals surface area contributed by atoms with Crippen molar-refractivity contribution in [2.45, 2.75) is 37.6 Å². The van der Waals surface area contributed by atoms with E-state index in [9.17, 15) is 8.42 Å². The molecule has 5 nitrogen and oxygen atoms in total. The molecule has 2 N–H and O–H groups in total. The fourth-order valence-corrected chi connectivity index (χ4v) is 3.58. The number of rotatable bonds is 10. The van der Waals surface area contributed by atoms with Gasteiger partial charge in [0.2, 0.25) is 10.0 Å². The molecule has 21 heavy (non-hydrogen) atoms. The van der Waals surface area contributed by atoms with E-state index in [0.717, 1.165) is 18.5 Å². The predicted octanol–water partition coefficient (Wildman–Crippen LogP) is 1.54. The zero-order chi connectivity index (χ0) is 15.7. The van der Waals surface area contributed by atoms with Gasteiger partial charge in [-0.25, -0.2) is 13.1 Å². The van der Waals surface area contributed by atoms with Crippen LogP contribution in [0, 0.1) is 0 Å². The van der Waals surface area contributed by atoms with Gasteiger partial charge in [0.1, 0.15) is 0 Å². The molecule has 1 atom stereocenters. The largest absolute Gasteiger partial charge is 0.383 e. The second kappa shape index (κ2) is 9.15. The van der Waals surface area contributed by atoms with E-state index in [1.165, 1.54) is 0 Å². The molecule has 0 aromatic heterocycles. The second-order valence-electron chi connectivity index (χ2n) is 4.92. The van der Waals surface area contributed by atoms with Gasteiger partial charge in [-0.15, -0.1) is 0 Å². The van der Waals surface area contributed by atoms with Crippen LogP contribution in [0.1, 0.15) is 25.8 Å². The molecule has 0 fully saturated rings. The molecule has 0 saturated heterocycles. The van der Waals surface area contributed by atoms with Crippen molar-refractivity contribution in [2.24, 2.45) is 0 Å². The van der Waals surface area contributed by atoms with Crippen molar-refractivity contribution in [3.63, 3.8) is 0 Å². The maximum Gasteiger partial charge on any atom is 0.240 e. The van der Waals surface area contributed by atoms with Gasteiger partial charge in [0.05, 0.1) is 11.5 Å². The molecule has 0 heterocycles. The Labute approximate surface area is 128 Å². The number of nitrogens with one attached hydrogen (secondary N) is 2. The van der Waals surface area contributed by atoms with E-state index in [1.54, 1.807) is 19.2 Å². The van der Waals surface area contributed by atoms with Gasteiger partial charge >= 0.3 is 0 Å². The molecule has 1 unspecified atom stereocenters. The summed E-state index contributed by atoms with van der Waals surface area (Å²) in [6, 6.07) is 7.23. The molecule has 0 spiro atoms. The smallest absolute Gasteiger partial charge is 0.240 e. The SMILES string of the molecule is CCCNS(=O)(=O)c1ccccc1CC(COC)NCC. The highest BCUT2D eigenvalue weighted by Gasteiger charge is 2.19. The number of hydrogen-bond acceptors (Lipinski definition) is 4. The Morgan fingerprint density at radius 2 is 1.95 bits per heavy atom. The third kappa shape index (κ3) is 5.74. The fourth-order valence-electron chi connectivity index (χ4n) is 2.19. The summed E-state index contributed by atoms with van der Waals surface area (Å²) in [5.41, 5.74) is 0.809. The summed E-state index contributed by atoms with van der Waals surface area (Å²) in [6.45, 7) is 5.77. The Bertz CT molecular complexity index is 511. The average Bonchev–Trinajstić information content (AvgIpc) is 2.46. The quantitative estimate of drug-likeness (QED) is 0.687. The summed E-state index contributed by atoms with van der Waals surface area (Å²) in [6.07, 6.45) is 1.38. The fraction of sp³-hybridized carbons (Fsp3) is 0.600. The summed E-state index contributed by atoms with van der Waals surface area (Å²) >= 11 is 0. The van der Waals surface area contributed by atoms with Gasteiger partial charge in [-0.3, -0.25) is 0 Å². The first kappa shape index (κ1) is 18.1. The number of ether oxygens (including phenoxy) is 1. The van der Waals surface area contributed by atoms with E-state index in [0.29, 0.717) is 24.5 Å². The van der Waals surface area contributed by atoms with E-state index >= 15 is 0 Å². The van der Waals surface area contributed by atoms with Gasteiger partial charge in [0.15, 0.2) is 0 Å². The first-order chi connectivity index (χ1) is 10.0. The van der Waals surface area contributed by atoms with Crippen LogP contribution in [-0.4, -0.2) is 41.3 Å². The van der Waals surface area contributed by atoms with E-state index in [4.69, 9.17) is 4.74 Å². The summed E-state index contributed by atoms with van der Waals surface area (Å²) in [7, 11) is -1.80. The topological polar surface area (TPSA) is 67.4 Å². The van der Waals surface area contributed by atoms with Crippen molar-refractivity contribution >= 4 is 10.0 Å². The molecule has 0 aliphatic rings. The molecule has 1 aromatic rings. The average molecular weight is 314 g/mol. The van der Waals surface area contributed by atoms with Gasteiger partial charge < -0.3 is 10.1 Å². The minimum absolute atomic E-state index is 0.0996. The van der Waals surface area contributed by atoms with E-state index in [2.05, 4.69) is 10.0 Å². The standard InChI is InChI=1S/C15H26N2O3S/c1-4-10-17-21(18,19)15-9-7-6-8-13(15)11-14(12-20-3)16-5-2/h6-9,14,16-17H,4-5,10-12H2,1-3H3. The molecule has 1 rings (SSSR count). The highest BCUT2D eigenvalue weighted by atomic mass is 32.2. The van der Waals surface area contributed by atoms with Crippen LogP contribution >= 0.6 is 0 Å². The van der Waals surface area contributed by atoms with E-state index in [1.807, 2.05) is 26.0 Å². The first-order valence-corrected chi connectivity index (χ1v) is 8.83. The highest BCUT2D eigenvalue weighted by molar-refractivity contribution is 7.89. The van der Waals surface area contributed by atoms with Crippen LogP contribution in [0.5, 0.6) is 0 Å². The third-order valence-corrected chi connectivity index (χ3v) is 4.69. The number of hydrogen-bond donors (Lipinski definition) is 2. The van der Waals surface area contributed by atoms with Crippen LogP contribution in [0.25, 0.3) is 0 Å². The normalized spacial score (nSPS) is 13.3. The van der Waals surface area contributed by atoms with E-state index in [-0.39, 0.29) is 6.04 Å². The molecule has 0 aliphatic carbocycles. The van der Waals surface area contributed by atoms with E-state index < -0.39 is 10.0 Å². The molecule has 1 aromatic carbocycles.